The molecule has 0 bridgehead atoms. The minimum absolute atomic E-state index is 0. The van der Waals surface area contributed by atoms with Crippen LogP contribution in [0.25, 0.3) is 0 Å². The van der Waals surface area contributed by atoms with Gasteiger partial charge >= 0.3 is 0 Å². The Morgan fingerprint density at radius 2 is 1.84 bits per heavy atom. The Labute approximate surface area is 209 Å². The van der Waals surface area contributed by atoms with E-state index in [1.807, 2.05) is 30.3 Å². The minimum Gasteiger partial charge on any atom is -0.489 e. The zero-order chi connectivity index (χ0) is 21.7. The van der Waals surface area contributed by atoms with E-state index in [9.17, 15) is 0 Å². The van der Waals surface area contributed by atoms with Crippen LogP contribution in [-0.2, 0) is 22.6 Å². The van der Waals surface area contributed by atoms with Crippen molar-refractivity contribution in [2.75, 3.05) is 46.6 Å². The van der Waals surface area contributed by atoms with E-state index in [4.69, 9.17) is 19.2 Å². The molecular formula is C25H36IN3O3. The van der Waals surface area contributed by atoms with Crippen LogP contribution in [0.4, 0.5) is 0 Å². The fraction of sp³-hybridized carbons (Fsp3) is 0.480. The number of halogens is 1. The molecule has 32 heavy (non-hydrogen) atoms. The summed E-state index contributed by atoms with van der Waals surface area (Å²) in [7, 11) is 1.70. The highest BCUT2D eigenvalue weighted by molar-refractivity contribution is 14.0. The second-order valence-electron chi connectivity index (χ2n) is 7.76. The number of ether oxygens (including phenoxy) is 3. The van der Waals surface area contributed by atoms with Gasteiger partial charge in [-0.2, -0.15) is 0 Å². The van der Waals surface area contributed by atoms with Gasteiger partial charge in [-0.05, 0) is 36.6 Å². The van der Waals surface area contributed by atoms with Crippen LogP contribution in [0, 0.1) is 5.92 Å². The molecule has 0 aliphatic carbocycles. The van der Waals surface area contributed by atoms with Gasteiger partial charge in [-0.15, -0.1) is 24.0 Å². The topological polar surface area (TPSA) is 55.3 Å². The van der Waals surface area contributed by atoms with Crippen LogP contribution in [0.5, 0.6) is 5.75 Å². The summed E-state index contributed by atoms with van der Waals surface area (Å²) in [5.74, 6) is 2.40. The molecule has 2 aromatic carbocycles. The number of nitrogens with one attached hydrogen (secondary N) is 1. The van der Waals surface area contributed by atoms with Crippen LogP contribution < -0.4 is 10.1 Å². The summed E-state index contributed by atoms with van der Waals surface area (Å²) in [6.45, 7) is 8.27. The van der Waals surface area contributed by atoms with Crippen molar-refractivity contribution >= 4 is 29.9 Å². The molecule has 1 N–H and O–H groups in total. The molecule has 1 heterocycles. The van der Waals surface area contributed by atoms with Gasteiger partial charge in [-0.1, -0.05) is 42.5 Å². The number of hydrogen-bond donors (Lipinski definition) is 1. The van der Waals surface area contributed by atoms with E-state index < -0.39 is 0 Å². The number of likely N-dealkylation sites (tertiary alicyclic amines) is 1. The van der Waals surface area contributed by atoms with Crippen LogP contribution in [0.2, 0.25) is 0 Å². The SMILES string of the molecule is CCNC(=NCc1ccc(OCc2ccccc2)cc1)N1CCC(COCCOC)C1.I. The number of guanidine groups is 1. The lowest BCUT2D eigenvalue weighted by Gasteiger charge is -2.21. The summed E-state index contributed by atoms with van der Waals surface area (Å²) in [5.41, 5.74) is 2.33. The third-order valence-electron chi connectivity index (χ3n) is 5.29. The van der Waals surface area contributed by atoms with Gasteiger partial charge in [0, 0.05) is 32.7 Å². The van der Waals surface area contributed by atoms with E-state index in [-0.39, 0.29) is 24.0 Å². The smallest absolute Gasteiger partial charge is 0.194 e. The molecule has 0 aromatic heterocycles. The van der Waals surface area contributed by atoms with Crippen molar-refractivity contribution < 1.29 is 14.2 Å². The first-order valence-electron chi connectivity index (χ1n) is 11.1. The predicted octanol–water partition coefficient (Wildman–Crippen LogP) is 4.33. The predicted molar refractivity (Wildman–Crippen MR) is 140 cm³/mol. The van der Waals surface area contributed by atoms with Gasteiger partial charge in [0.05, 0.1) is 26.4 Å². The Hall–Kier alpha value is -1.84. The van der Waals surface area contributed by atoms with Crippen molar-refractivity contribution in [2.24, 2.45) is 10.9 Å². The van der Waals surface area contributed by atoms with E-state index in [0.29, 0.717) is 32.3 Å². The van der Waals surface area contributed by atoms with Crippen LogP contribution >= 0.6 is 24.0 Å². The van der Waals surface area contributed by atoms with E-state index in [1.54, 1.807) is 7.11 Å². The standard InChI is InChI=1S/C25H35N3O3.HI/c1-3-26-25(28-14-13-23(18-28)19-30-16-15-29-2)27-17-21-9-11-24(12-10-21)31-20-22-7-5-4-6-8-22;/h4-12,23H,3,13-20H2,1-2H3,(H,26,27);1H. The highest BCUT2D eigenvalue weighted by Crippen LogP contribution is 2.18. The second-order valence-corrected chi connectivity index (χ2v) is 7.76. The maximum Gasteiger partial charge on any atom is 0.194 e. The van der Waals surface area contributed by atoms with E-state index >= 15 is 0 Å². The quantitative estimate of drug-likeness (QED) is 0.194. The van der Waals surface area contributed by atoms with Crippen LogP contribution in [0.3, 0.4) is 0 Å². The fourth-order valence-electron chi connectivity index (χ4n) is 3.58. The van der Waals surface area contributed by atoms with E-state index in [1.165, 1.54) is 11.1 Å². The second kappa shape index (κ2) is 15.1. The normalized spacial score (nSPS) is 16.0. The van der Waals surface area contributed by atoms with E-state index in [2.05, 4.69) is 41.4 Å². The van der Waals surface area contributed by atoms with Crippen molar-refractivity contribution in [3.8, 4) is 5.75 Å². The molecule has 1 aliphatic heterocycles. The highest BCUT2D eigenvalue weighted by Gasteiger charge is 2.24. The number of aliphatic imine (C=N–C) groups is 1. The van der Waals surface area contributed by atoms with Gasteiger partial charge in [0.15, 0.2) is 5.96 Å². The molecule has 1 unspecified atom stereocenters. The van der Waals surface area contributed by atoms with Crippen molar-refractivity contribution in [1.29, 1.82) is 0 Å². The van der Waals surface area contributed by atoms with Gasteiger partial charge in [-0.25, -0.2) is 4.99 Å². The lowest BCUT2D eigenvalue weighted by molar-refractivity contribution is 0.0536. The number of benzene rings is 2. The molecular weight excluding hydrogens is 517 g/mol. The lowest BCUT2D eigenvalue weighted by atomic mass is 10.1. The first-order chi connectivity index (χ1) is 15.3. The molecule has 1 atom stereocenters. The summed E-state index contributed by atoms with van der Waals surface area (Å²) in [6.07, 6.45) is 1.13. The number of methoxy groups -OCH3 is 1. The van der Waals surface area contributed by atoms with Gasteiger partial charge in [0.1, 0.15) is 12.4 Å². The van der Waals surface area contributed by atoms with Gasteiger partial charge < -0.3 is 24.4 Å². The van der Waals surface area contributed by atoms with Crippen molar-refractivity contribution in [2.45, 2.75) is 26.5 Å². The average Bonchev–Trinajstić information content (AvgIpc) is 3.28. The number of rotatable bonds is 11. The molecule has 1 fully saturated rings. The van der Waals surface area contributed by atoms with Gasteiger partial charge in [0.2, 0.25) is 0 Å². The maximum absolute atomic E-state index is 5.88. The molecule has 1 saturated heterocycles. The molecule has 7 heteroatoms. The zero-order valence-corrected chi connectivity index (χ0v) is 21.5. The molecule has 0 radical (unpaired) electrons. The molecule has 0 amide bonds. The first-order valence-corrected chi connectivity index (χ1v) is 11.1. The summed E-state index contributed by atoms with van der Waals surface area (Å²) < 4.78 is 16.6. The molecule has 0 saturated carbocycles. The summed E-state index contributed by atoms with van der Waals surface area (Å²) in [4.78, 5) is 7.20. The number of nitrogens with zero attached hydrogens (tertiary/aromatic N) is 2. The summed E-state index contributed by atoms with van der Waals surface area (Å²) in [6, 6.07) is 18.4. The monoisotopic (exact) mass is 553 g/mol. The van der Waals surface area contributed by atoms with Crippen LogP contribution in [0.1, 0.15) is 24.5 Å². The summed E-state index contributed by atoms with van der Waals surface area (Å²) >= 11 is 0. The third-order valence-corrected chi connectivity index (χ3v) is 5.29. The van der Waals surface area contributed by atoms with Crippen molar-refractivity contribution in [3.63, 3.8) is 0 Å². The first kappa shape index (κ1) is 26.4. The Bertz CT molecular complexity index is 787. The fourth-order valence-corrected chi connectivity index (χ4v) is 3.58. The lowest BCUT2D eigenvalue weighted by Crippen LogP contribution is -2.40. The molecule has 176 valence electrons. The molecule has 3 rings (SSSR count). The average molecular weight is 553 g/mol. The minimum atomic E-state index is 0. The van der Waals surface area contributed by atoms with E-state index in [0.717, 1.165) is 44.4 Å². The largest absolute Gasteiger partial charge is 0.489 e. The Balaban J connectivity index is 0.00000363. The van der Waals surface area contributed by atoms with Crippen LogP contribution in [-0.4, -0.2) is 57.4 Å². The number of hydrogen-bond acceptors (Lipinski definition) is 4. The maximum atomic E-state index is 5.88. The Morgan fingerprint density at radius 1 is 1.06 bits per heavy atom. The van der Waals surface area contributed by atoms with Crippen LogP contribution in [0.15, 0.2) is 59.6 Å². The third kappa shape index (κ3) is 8.96. The molecule has 1 aliphatic rings. The summed E-state index contributed by atoms with van der Waals surface area (Å²) in [5, 5.41) is 3.43. The Kier molecular flexibility index (Phi) is 12.4. The Morgan fingerprint density at radius 3 is 2.56 bits per heavy atom. The van der Waals surface area contributed by atoms with Crippen molar-refractivity contribution in [1.82, 2.24) is 10.2 Å². The van der Waals surface area contributed by atoms with Crippen molar-refractivity contribution in [3.05, 3.63) is 65.7 Å². The van der Waals surface area contributed by atoms with Gasteiger partial charge in [0.25, 0.3) is 0 Å². The van der Waals surface area contributed by atoms with Gasteiger partial charge in [-0.3, -0.25) is 0 Å². The highest BCUT2D eigenvalue weighted by atomic mass is 127. The molecule has 6 nitrogen and oxygen atoms in total. The zero-order valence-electron chi connectivity index (χ0n) is 19.2. The molecule has 2 aromatic rings. The molecule has 0 spiro atoms.